The van der Waals surface area contributed by atoms with Crippen LogP contribution in [0, 0.1) is 0 Å². The van der Waals surface area contributed by atoms with E-state index in [0.717, 1.165) is 5.75 Å². The lowest BCUT2D eigenvalue weighted by Crippen LogP contribution is -2.35. The summed E-state index contributed by atoms with van der Waals surface area (Å²) < 4.78 is 5.48. The Bertz CT molecular complexity index is 325. The molecule has 1 rings (SSSR count). The Morgan fingerprint density at radius 2 is 2.12 bits per heavy atom. The van der Waals surface area contributed by atoms with Gasteiger partial charge in [0.1, 0.15) is 5.75 Å². The lowest BCUT2D eigenvalue weighted by atomic mass is 10.3. The molecule has 0 aliphatic heterocycles. The molecule has 1 aromatic rings. The molecule has 0 saturated carbocycles. The number of amides is 1. The molecular formula is C13H20N2O2. The summed E-state index contributed by atoms with van der Waals surface area (Å²) in [6.45, 7) is 2.94. The van der Waals surface area contributed by atoms with Gasteiger partial charge < -0.3 is 15.8 Å². The predicted octanol–water partition coefficient (Wildman–Crippen LogP) is 1.31. The van der Waals surface area contributed by atoms with E-state index in [1.165, 1.54) is 0 Å². The maximum atomic E-state index is 11.3. The van der Waals surface area contributed by atoms with Crippen LogP contribution in [0.1, 0.15) is 19.8 Å². The zero-order valence-electron chi connectivity index (χ0n) is 10.2. The molecule has 4 heteroatoms. The molecule has 1 aromatic carbocycles. The van der Waals surface area contributed by atoms with Crippen molar-refractivity contribution < 1.29 is 9.53 Å². The van der Waals surface area contributed by atoms with Crippen LogP contribution in [-0.2, 0) is 4.79 Å². The average Bonchev–Trinajstić information content (AvgIpc) is 2.33. The minimum atomic E-state index is -0.000446. The van der Waals surface area contributed by atoms with Gasteiger partial charge in [0, 0.05) is 19.0 Å². The van der Waals surface area contributed by atoms with Gasteiger partial charge in [-0.25, -0.2) is 0 Å². The number of nitrogens with two attached hydrogens (primary N) is 1. The van der Waals surface area contributed by atoms with Crippen molar-refractivity contribution in [2.45, 2.75) is 25.8 Å². The van der Waals surface area contributed by atoms with E-state index in [2.05, 4.69) is 5.32 Å². The second kappa shape index (κ2) is 7.68. The second-order valence-electron chi connectivity index (χ2n) is 4.05. The fourth-order valence-corrected chi connectivity index (χ4v) is 1.30. The van der Waals surface area contributed by atoms with Crippen molar-refractivity contribution in [3.05, 3.63) is 30.3 Å². The summed E-state index contributed by atoms with van der Waals surface area (Å²) in [5.41, 5.74) is 5.53. The first-order valence-corrected chi connectivity index (χ1v) is 5.88. The van der Waals surface area contributed by atoms with Crippen LogP contribution in [0.5, 0.6) is 5.75 Å². The molecule has 4 nitrogen and oxygen atoms in total. The summed E-state index contributed by atoms with van der Waals surface area (Å²) in [6.07, 6.45) is 1.18. The lowest BCUT2D eigenvalue weighted by Gasteiger charge is -2.08. The molecular weight excluding hydrogens is 216 g/mol. The Kier molecular flexibility index (Phi) is 6.10. The maximum Gasteiger partial charge on any atom is 0.220 e. The average molecular weight is 236 g/mol. The molecule has 94 valence electrons. The smallest absolute Gasteiger partial charge is 0.220 e. The first-order valence-electron chi connectivity index (χ1n) is 5.88. The van der Waals surface area contributed by atoms with Crippen LogP contribution in [-0.4, -0.2) is 25.1 Å². The van der Waals surface area contributed by atoms with E-state index in [1.54, 1.807) is 0 Å². The summed E-state index contributed by atoms with van der Waals surface area (Å²) in [5.74, 6) is 0.863. The van der Waals surface area contributed by atoms with Crippen LogP contribution in [0.15, 0.2) is 30.3 Å². The Morgan fingerprint density at radius 1 is 1.41 bits per heavy atom. The number of ether oxygens (including phenoxy) is 1. The highest BCUT2D eigenvalue weighted by Gasteiger charge is 2.02. The monoisotopic (exact) mass is 236 g/mol. The topological polar surface area (TPSA) is 64.3 Å². The maximum absolute atomic E-state index is 11.3. The molecule has 0 fully saturated rings. The molecule has 0 bridgehead atoms. The van der Waals surface area contributed by atoms with Crippen molar-refractivity contribution in [1.82, 2.24) is 5.32 Å². The molecule has 0 radical (unpaired) electrons. The van der Waals surface area contributed by atoms with Gasteiger partial charge in [-0.1, -0.05) is 18.2 Å². The minimum Gasteiger partial charge on any atom is -0.494 e. The van der Waals surface area contributed by atoms with Crippen molar-refractivity contribution in [3.63, 3.8) is 0 Å². The highest BCUT2D eigenvalue weighted by Crippen LogP contribution is 2.08. The van der Waals surface area contributed by atoms with Gasteiger partial charge in [0.25, 0.3) is 0 Å². The fourth-order valence-electron chi connectivity index (χ4n) is 1.30. The summed E-state index contributed by atoms with van der Waals surface area (Å²) in [4.78, 5) is 11.3. The summed E-state index contributed by atoms with van der Waals surface area (Å²) >= 11 is 0. The van der Waals surface area contributed by atoms with E-state index in [9.17, 15) is 4.79 Å². The quantitative estimate of drug-likeness (QED) is 0.702. The number of hydrogen-bond acceptors (Lipinski definition) is 3. The van der Waals surface area contributed by atoms with Crippen LogP contribution < -0.4 is 15.8 Å². The normalized spacial score (nSPS) is 11.9. The van der Waals surface area contributed by atoms with Crippen LogP contribution in [0.25, 0.3) is 0 Å². The number of hydrogen-bond donors (Lipinski definition) is 2. The number of para-hydroxylation sites is 1. The Balaban J connectivity index is 2.06. The first kappa shape index (κ1) is 13.5. The van der Waals surface area contributed by atoms with E-state index in [4.69, 9.17) is 10.5 Å². The van der Waals surface area contributed by atoms with E-state index in [0.29, 0.717) is 26.0 Å². The fraction of sp³-hybridized carbons (Fsp3) is 0.462. The summed E-state index contributed by atoms with van der Waals surface area (Å²) in [6, 6.07) is 9.58. The molecule has 3 N–H and O–H groups in total. The van der Waals surface area contributed by atoms with Gasteiger partial charge in [-0.2, -0.15) is 0 Å². The molecule has 17 heavy (non-hydrogen) atoms. The highest BCUT2D eigenvalue weighted by molar-refractivity contribution is 5.75. The van der Waals surface area contributed by atoms with Gasteiger partial charge in [-0.3, -0.25) is 4.79 Å². The zero-order valence-corrected chi connectivity index (χ0v) is 10.2. The van der Waals surface area contributed by atoms with Gasteiger partial charge in [-0.05, 0) is 25.5 Å². The third kappa shape index (κ3) is 6.58. The van der Waals surface area contributed by atoms with Gasteiger partial charge in [-0.15, -0.1) is 0 Å². The van der Waals surface area contributed by atoms with Crippen molar-refractivity contribution >= 4 is 5.91 Å². The lowest BCUT2D eigenvalue weighted by molar-refractivity contribution is -0.121. The van der Waals surface area contributed by atoms with Gasteiger partial charge in [0.2, 0.25) is 5.91 Å². The van der Waals surface area contributed by atoms with E-state index >= 15 is 0 Å². The summed E-state index contributed by atoms with van der Waals surface area (Å²) in [7, 11) is 0. The molecule has 0 saturated heterocycles. The van der Waals surface area contributed by atoms with Gasteiger partial charge in [0.05, 0.1) is 6.61 Å². The van der Waals surface area contributed by atoms with Crippen molar-refractivity contribution in [1.29, 1.82) is 0 Å². The molecule has 0 heterocycles. The van der Waals surface area contributed by atoms with E-state index in [1.807, 2.05) is 37.3 Å². The third-order valence-electron chi connectivity index (χ3n) is 2.18. The number of carbonyl (C=O) groups excluding carboxylic acids is 1. The Hall–Kier alpha value is -1.55. The molecule has 1 atom stereocenters. The first-order chi connectivity index (χ1) is 8.18. The van der Waals surface area contributed by atoms with Crippen LogP contribution in [0.3, 0.4) is 0 Å². The minimum absolute atomic E-state index is 0.000446. The molecule has 0 aromatic heterocycles. The Labute approximate surface area is 102 Å². The van der Waals surface area contributed by atoms with Gasteiger partial charge in [0.15, 0.2) is 0 Å². The number of rotatable bonds is 7. The standard InChI is InChI=1S/C13H20N2O2/c1-11(14)10-15-13(16)8-5-9-17-12-6-3-2-4-7-12/h2-4,6-7,11H,5,8-10,14H2,1H3,(H,15,16). The van der Waals surface area contributed by atoms with Gasteiger partial charge >= 0.3 is 0 Å². The van der Waals surface area contributed by atoms with Crippen molar-refractivity contribution in [2.75, 3.05) is 13.2 Å². The van der Waals surface area contributed by atoms with Crippen LogP contribution >= 0.6 is 0 Å². The van der Waals surface area contributed by atoms with E-state index < -0.39 is 0 Å². The SMILES string of the molecule is CC(N)CNC(=O)CCCOc1ccccc1. The predicted molar refractivity (Wildman–Crippen MR) is 67.8 cm³/mol. The van der Waals surface area contributed by atoms with Crippen molar-refractivity contribution in [3.8, 4) is 5.75 Å². The largest absolute Gasteiger partial charge is 0.494 e. The molecule has 1 unspecified atom stereocenters. The number of benzene rings is 1. The van der Waals surface area contributed by atoms with Crippen LogP contribution in [0.4, 0.5) is 0 Å². The summed E-state index contributed by atoms with van der Waals surface area (Å²) in [5, 5.41) is 2.76. The number of carbonyl (C=O) groups is 1. The molecule has 1 amide bonds. The van der Waals surface area contributed by atoms with Crippen molar-refractivity contribution in [2.24, 2.45) is 5.73 Å². The highest BCUT2D eigenvalue weighted by atomic mass is 16.5. The number of nitrogens with one attached hydrogen (secondary N) is 1. The zero-order chi connectivity index (χ0) is 12.5. The van der Waals surface area contributed by atoms with Crippen LogP contribution in [0.2, 0.25) is 0 Å². The second-order valence-corrected chi connectivity index (χ2v) is 4.05. The molecule has 0 aliphatic rings. The Morgan fingerprint density at radius 3 is 2.76 bits per heavy atom. The van der Waals surface area contributed by atoms with E-state index in [-0.39, 0.29) is 11.9 Å². The third-order valence-corrected chi connectivity index (χ3v) is 2.18. The molecule has 0 spiro atoms. The molecule has 0 aliphatic carbocycles.